The van der Waals surface area contributed by atoms with Crippen molar-refractivity contribution >= 4 is 11.8 Å². The van der Waals surface area contributed by atoms with E-state index < -0.39 is 11.6 Å². The number of benzene rings is 1. The predicted octanol–water partition coefficient (Wildman–Crippen LogP) is 0.684. The van der Waals surface area contributed by atoms with Crippen molar-refractivity contribution in [1.29, 1.82) is 0 Å². The van der Waals surface area contributed by atoms with Crippen LogP contribution in [0.15, 0.2) is 30.3 Å². The maximum absolute atomic E-state index is 12.5. The van der Waals surface area contributed by atoms with Gasteiger partial charge in [-0.2, -0.15) is 0 Å². The molecule has 5 heteroatoms. The number of aryl methyl sites for hydroxylation is 1. The first-order valence-electron chi connectivity index (χ1n) is 7.32. The SMILES string of the molecule is CC1(C)C(=O)NCCN1C(=O)C(N)CCc1ccccc1. The molecule has 0 radical (unpaired) electrons. The van der Waals surface area contributed by atoms with Crippen LogP contribution in [-0.4, -0.2) is 41.4 Å². The van der Waals surface area contributed by atoms with Gasteiger partial charge < -0.3 is 16.0 Å². The minimum Gasteiger partial charge on any atom is -0.352 e. The second kappa shape index (κ2) is 6.26. The number of rotatable bonds is 4. The topological polar surface area (TPSA) is 75.4 Å². The van der Waals surface area contributed by atoms with E-state index in [1.54, 1.807) is 18.7 Å². The summed E-state index contributed by atoms with van der Waals surface area (Å²) in [5.41, 5.74) is 6.37. The van der Waals surface area contributed by atoms with E-state index in [0.29, 0.717) is 19.5 Å². The highest BCUT2D eigenvalue weighted by molar-refractivity contribution is 5.93. The molecule has 1 unspecified atom stereocenters. The smallest absolute Gasteiger partial charge is 0.245 e. The summed E-state index contributed by atoms with van der Waals surface area (Å²) in [5, 5.41) is 2.78. The normalized spacial score (nSPS) is 19.0. The summed E-state index contributed by atoms with van der Waals surface area (Å²) < 4.78 is 0. The zero-order chi connectivity index (χ0) is 15.5. The first-order chi connectivity index (χ1) is 9.93. The van der Waals surface area contributed by atoms with Crippen LogP contribution in [0.4, 0.5) is 0 Å². The second-order valence-electron chi connectivity index (χ2n) is 5.94. The highest BCUT2D eigenvalue weighted by Crippen LogP contribution is 2.19. The number of carbonyl (C=O) groups excluding carboxylic acids is 2. The lowest BCUT2D eigenvalue weighted by molar-refractivity contribution is -0.150. The third-order valence-electron chi connectivity index (χ3n) is 4.02. The monoisotopic (exact) mass is 289 g/mol. The van der Waals surface area contributed by atoms with Gasteiger partial charge in [-0.05, 0) is 32.3 Å². The molecule has 1 fully saturated rings. The van der Waals surface area contributed by atoms with Crippen LogP contribution in [0.2, 0.25) is 0 Å². The van der Waals surface area contributed by atoms with E-state index in [9.17, 15) is 9.59 Å². The van der Waals surface area contributed by atoms with Crippen LogP contribution >= 0.6 is 0 Å². The maximum Gasteiger partial charge on any atom is 0.245 e. The lowest BCUT2D eigenvalue weighted by Crippen LogP contribution is -2.65. The van der Waals surface area contributed by atoms with Crippen molar-refractivity contribution in [3.8, 4) is 0 Å². The Bertz CT molecular complexity index is 514. The fourth-order valence-electron chi connectivity index (χ4n) is 2.58. The van der Waals surface area contributed by atoms with Gasteiger partial charge in [0.2, 0.25) is 11.8 Å². The average Bonchev–Trinajstić information content (AvgIpc) is 2.48. The molecule has 1 heterocycles. The number of hydrogen-bond acceptors (Lipinski definition) is 3. The highest BCUT2D eigenvalue weighted by atomic mass is 16.2. The van der Waals surface area contributed by atoms with Crippen molar-refractivity contribution in [1.82, 2.24) is 10.2 Å². The van der Waals surface area contributed by atoms with Crippen LogP contribution in [0.3, 0.4) is 0 Å². The van der Waals surface area contributed by atoms with Gasteiger partial charge in [-0.1, -0.05) is 30.3 Å². The average molecular weight is 289 g/mol. The lowest BCUT2D eigenvalue weighted by Gasteiger charge is -2.42. The van der Waals surface area contributed by atoms with Gasteiger partial charge >= 0.3 is 0 Å². The van der Waals surface area contributed by atoms with E-state index in [1.807, 2.05) is 30.3 Å². The molecule has 2 rings (SSSR count). The third kappa shape index (κ3) is 3.42. The molecule has 5 nitrogen and oxygen atoms in total. The van der Waals surface area contributed by atoms with E-state index in [-0.39, 0.29) is 11.8 Å². The first kappa shape index (κ1) is 15.5. The van der Waals surface area contributed by atoms with Gasteiger partial charge in [-0.15, -0.1) is 0 Å². The van der Waals surface area contributed by atoms with Crippen LogP contribution < -0.4 is 11.1 Å². The van der Waals surface area contributed by atoms with Gasteiger partial charge in [0.1, 0.15) is 5.54 Å². The van der Waals surface area contributed by atoms with Crippen molar-refractivity contribution in [2.45, 2.75) is 38.3 Å². The summed E-state index contributed by atoms with van der Waals surface area (Å²) in [5.74, 6) is -0.275. The summed E-state index contributed by atoms with van der Waals surface area (Å²) in [6, 6.07) is 9.38. The molecule has 1 aromatic rings. The minimum absolute atomic E-state index is 0.127. The molecule has 1 aliphatic rings. The van der Waals surface area contributed by atoms with Gasteiger partial charge in [0.25, 0.3) is 0 Å². The van der Waals surface area contributed by atoms with E-state index in [0.717, 1.165) is 12.0 Å². The van der Waals surface area contributed by atoms with Crippen molar-refractivity contribution in [2.24, 2.45) is 5.73 Å². The Balaban J connectivity index is 1.97. The zero-order valence-electron chi connectivity index (χ0n) is 12.6. The summed E-state index contributed by atoms with van der Waals surface area (Å²) in [4.78, 5) is 26.0. The van der Waals surface area contributed by atoms with E-state index in [1.165, 1.54) is 0 Å². The maximum atomic E-state index is 12.5. The van der Waals surface area contributed by atoms with Crippen molar-refractivity contribution < 1.29 is 9.59 Å². The number of piperazine rings is 1. The molecular weight excluding hydrogens is 266 g/mol. The molecule has 1 aromatic carbocycles. The van der Waals surface area contributed by atoms with E-state index in [2.05, 4.69) is 5.32 Å². The predicted molar refractivity (Wildman–Crippen MR) is 81.5 cm³/mol. The molecule has 1 atom stereocenters. The largest absolute Gasteiger partial charge is 0.352 e. The molecule has 0 bridgehead atoms. The van der Waals surface area contributed by atoms with Crippen molar-refractivity contribution in [3.63, 3.8) is 0 Å². The van der Waals surface area contributed by atoms with Crippen LogP contribution in [0.5, 0.6) is 0 Å². The minimum atomic E-state index is -0.834. The number of carbonyl (C=O) groups is 2. The Morgan fingerprint density at radius 2 is 2.05 bits per heavy atom. The van der Waals surface area contributed by atoms with E-state index >= 15 is 0 Å². The van der Waals surface area contributed by atoms with Gasteiger partial charge in [0, 0.05) is 13.1 Å². The quantitative estimate of drug-likeness (QED) is 0.856. The Kier molecular flexibility index (Phi) is 4.63. The fourth-order valence-corrected chi connectivity index (χ4v) is 2.58. The van der Waals surface area contributed by atoms with Gasteiger partial charge in [-0.25, -0.2) is 0 Å². The van der Waals surface area contributed by atoms with Crippen LogP contribution in [0.25, 0.3) is 0 Å². The van der Waals surface area contributed by atoms with Crippen molar-refractivity contribution in [2.75, 3.05) is 13.1 Å². The molecule has 1 aliphatic heterocycles. The Labute approximate surface area is 125 Å². The number of amides is 2. The fraction of sp³-hybridized carbons (Fsp3) is 0.500. The third-order valence-corrected chi connectivity index (χ3v) is 4.02. The molecule has 21 heavy (non-hydrogen) atoms. The van der Waals surface area contributed by atoms with E-state index in [4.69, 9.17) is 5.73 Å². The Morgan fingerprint density at radius 1 is 1.38 bits per heavy atom. The molecule has 114 valence electrons. The molecule has 0 aromatic heterocycles. The molecule has 0 spiro atoms. The zero-order valence-corrected chi connectivity index (χ0v) is 12.6. The summed E-state index contributed by atoms with van der Waals surface area (Å²) in [6.45, 7) is 4.50. The number of nitrogens with zero attached hydrogens (tertiary/aromatic N) is 1. The molecule has 3 N–H and O–H groups in total. The molecule has 0 aliphatic carbocycles. The van der Waals surface area contributed by atoms with Crippen LogP contribution in [0.1, 0.15) is 25.8 Å². The first-order valence-corrected chi connectivity index (χ1v) is 7.32. The van der Waals surface area contributed by atoms with Crippen LogP contribution in [0, 0.1) is 0 Å². The van der Waals surface area contributed by atoms with Gasteiger partial charge in [-0.3, -0.25) is 9.59 Å². The standard InChI is InChI=1S/C16H23N3O2/c1-16(2)15(21)18-10-11-19(16)14(20)13(17)9-8-12-6-4-3-5-7-12/h3-7,13H,8-11,17H2,1-2H3,(H,18,21). The summed E-state index contributed by atoms with van der Waals surface area (Å²) in [7, 11) is 0. The van der Waals surface area contributed by atoms with Crippen LogP contribution in [-0.2, 0) is 16.0 Å². The number of nitrogens with one attached hydrogen (secondary N) is 1. The van der Waals surface area contributed by atoms with Gasteiger partial charge in [0.15, 0.2) is 0 Å². The molecule has 1 saturated heterocycles. The molecule has 2 amide bonds. The van der Waals surface area contributed by atoms with Crippen molar-refractivity contribution in [3.05, 3.63) is 35.9 Å². The summed E-state index contributed by atoms with van der Waals surface area (Å²) in [6.07, 6.45) is 1.34. The highest BCUT2D eigenvalue weighted by Gasteiger charge is 2.41. The Hall–Kier alpha value is -1.88. The molecular formula is C16H23N3O2. The Morgan fingerprint density at radius 3 is 2.71 bits per heavy atom. The second-order valence-corrected chi connectivity index (χ2v) is 5.94. The number of nitrogens with two attached hydrogens (primary N) is 1. The number of hydrogen-bond donors (Lipinski definition) is 2. The lowest BCUT2D eigenvalue weighted by atomic mass is 9.96. The molecule has 0 saturated carbocycles. The van der Waals surface area contributed by atoms with Gasteiger partial charge in [0.05, 0.1) is 6.04 Å². The summed E-state index contributed by atoms with van der Waals surface area (Å²) >= 11 is 0.